The number of carboxylic acid groups (broad SMARTS) is 1. The maximum Gasteiger partial charge on any atom is 0.311 e. The van der Waals surface area contributed by atoms with Gasteiger partial charge >= 0.3 is 5.97 Å². The first kappa shape index (κ1) is 14.5. The Balaban J connectivity index is 2.11. The number of benzene rings is 1. The number of nitrogens with one attached hydrogen (secondary N) is 1. The van der Waals surface area contributed by atoms with Gasteiger partial charge < -0.3 is 20.9 Å². The molecular formula is C15H22N2O3. The Kier molecular flexibility index (Phi) is 4.37. The molecule has 0 aliphatic heterocycles. The third-order valence-corrected chi connectivity index (χ3v) is 4.14. The van der Waals surface area contributed by atoms with Crippen molar-refractivity contribution in [3.8, 4) is 5.75 Å². The zero-order valence-corrected chi connectivity index (χ0v) is 11.8. The van der Waals surface area contributed by atoms with Crippen molar-refractivity contribution < 1.29 is 14.6 Å². The molecule has 0 spiro atoms. The van der Waals surface area contributed by atoms with Gasteiger partial charge in [-0.25, -0.2) is 0 Å². The van der Waals surface area contributed by atoms with Crippen LogP contribution in [0.5, 0.6) is 5.75 Å². The Labute approximate surface area is 119 Å². The van der Waals surface area contributed by atoms with Crippen LogP contribution < -0.4 is 15.8 Å². The van der Waals surface area contributed by atoms with Crippen molar-refractivity contribution in [1.82, 2.24) is 0 Å². The molecule has 0 aromatic heterocycles. The molecule has 0 heterocycles. The first-order chi connectivity index (χ1) is 9.57. The van der Waals surface area contributed by atoms with Crippen LogP contribution >= 0.6 is 0 Å². The zero-order valence-electron chi connectivity index (χ0n) is 11.8. The number of methoxy groups -OCH3 is 1. The van der Waals surface area contributed by atoms with Crippen molar-refractivity contribution in [2.75, 3.05) is 24.7 Å². The Morgan fingerprint density at radius 3 is 2.70 bits per heavy atom. The highest BCUT2D eigenvalue weighted by Gasteiger charge is 2.39. The summed E-state index contributed by atoms with van der Waals surface area (Å²) in [4.78, 5) is 11.6. The fraction of sp³-hybridized carbons (Fsp3) is 0.533. The van der Waals surface area contributed by atoms with E-state index in [-0.39, 0.29) is 0 Å². The molecule has 0 bridgehead atoms. The summed E-state index contributed by atoms with van der Waals surface area (Å²) >= 11 is 0. The normalized spacial score (nSPS) is 17.4. The van der Waals surface area contributed by atoms with E-state index in [9.17, 15) is 9.90 Å². The lowest BCUT2D eigenvalue weighted by Gasteiger charge is -2.33. The Hall–Kier alpha value is -1.91. The average Bonchev–Trinajstić information content (AvgIpc) is 2.47. The van der Waals surface area contributed by atoms with Gasteiger partial charge in [0.05, 0.1) is 23.9 Å². The van der Waals surface area contributed by atoms with Gasteiger partial charge in [-0.05, 0) is 25.0 Å². The molecule has 110 valence electrons. The summed E-state index contributed by atoms with van der Waals surface area (Å²) in [6.07, 6.45) is 4.51. The molecule has 0 atom stereocenters. The predicted molar refractivity (Wildman–Crippen MR) is 79.0 cm³/mol. The van der Waals surface area contributed by atoms with Crippen molar-refractivity contribution in [2.45, 2.75) is 32.1 Å². The summed E-state index contributed by atoms with van der Waals surface area (Å²) in [5, 5.41) is 12.7. The van der Waals surface area contributed by atoms with Crippen molar-refractivity contribution in [3.63, 3.8) is 0 Å². The molecule has 1 aromatic rings. The largest absolute Gasteiger partial charge is 0.497 e. The first-order valence-electron chi connectivity index (χ1n) is 6.98. The minimum atomic E-state index is -0.717. The van der Waals surface area contributed by atoms with Crippen molar-refractivity contribution >= 4 is 17.3 Å². The number of aliphatic carboxylic acids is 1. The molecule has 5 heteroatoms. The smallest absolute Gasteiger partial charge is 0.311 e. The van der Waals surface area contributed by atoms with Gasteiger partial charge in [0.2, 0.25) is 0 Å². The van der Waals surface area contributed by atoms with E-state index in [1.54, 1.807) is 25.3 Å². The van der Waals surface area contributed by atoms with Gasteiger partial charge in [-0.3, -0.25) is 4.79 Å². The highest BCUT2D eigenvalue weighted by Crippen LogP contribution is 2.37. The van der Waals surface area contributed by atoms with Crippen molar-refractivity contribution in [2.24, 2.45) is 5.41 Å². The van der Waals surface area contributed by atoms with Crippen molar-refractivity contribution in [1.29, 1.82) is 0 Å². The lowest BCUT2D eigenvalue weighted by atomic mass is 9.74. The van der Waals surface area contributed by atoms with Gasteiger partial charge in [-0.2, -0.15) is 0 Å². The van der Waals surface area contributed by atoms with Gasteiger partial charge in [0, 0.05) is 12.6 Å². The quantitative estimate of drug-likeness (QED) is 0.721. The van der Waals surface area contributed by atoms with E-state index in [1.807, 2.05) is 0 Å². The van der Waals surface area contributed by atoms with Crippen LogP contribution in [0.4, 0.5) is 11.4 Å². The van der Waals surface area contributed by atoms with Crippen LogP contribution in [0.25, 0.3) is 0 Å². The molecule has 0 saturated heterocycles. The fourth-order valence-corrected chi connectivity index (χ4v) is 2.77. The number of hydrogen-bond acceptors (Lipinski definition) is 4. The second-order valence-corrected chi connectivity index (χ2v) is 5.45. The number of hydrogen-bond donors (Lipinski definition) is 3. The van der Waals surface area contributed by atoms with E-state index >= 15 is 0 Å². The van der Waals surface area contributed by atoms with Crippen molar-refractivity contribution in [3.05, 3.63) is 18.2 Å². The standard InChI is InChI=1S/C15H22N2O3/c1-20-11-5-6-12(16)13(9-11)17-10-15(14(18)19)7-3-2-4-8-15/h5-6,9,17H,2-4,7-8,10,16H2,1H3,(H,18,19). The molecular weight excluding hydrogens is 256 g/mol. The van der Waals surface area contributed by atoms with Crippen LogP contribution in [0.3, 0.4) is 0 Å². The maximum absolute atomic E-state index is 11.6. The molecule has 1 aliphatic rings. The Morgan fingerprint density at radius 1 is 1.40 bits per heavy atom. The fourth-order valence-electron chi connectivity index (χ4n) is 2.77. The monoisotopic (exact) mass is 278 g/mol. The van der Waals surface area contributed by atoms with Gasteiger partial charge in [0.1, 0.15) is 5.75 Å². The number of ether oxygens (including phenoxy) is 1. The number of anilines is 2. The van der Waals surface area contributed by atoms with E-state index in [1.165, 1.54) is 0 Å². The molecule has 1 fully saturated rings. The second kappa shape index (κ2) is 6.03. The summed E-state index contributed by atoms with van der Waals surface area (Å²) in [5.74, 6) is -0.0131. The number of carbonyl (C=O) groups is 1. The number of carboxylic acids is 1. The maximum atomic E-state index is 11.6. The van der Waals surface area contributed by atoms with Crippen LogP contribution in [0.1, 0.15) is 32.1 Å². The molecule has 1 saturated carbocycles. The van der Waals surface area contributed by atoms with E-state index in [2.05, 4.69) is 5.32 Å². The third kappa shape index (κ3) is 2.98. The van der Waals surface area contributed by atoms with Gasteiger partial charge in [-0.1, -0.05) is 19.3 Å². The van der Waals surface area contributed by atoms with E-state index in [0.29, 0.717) is 18.0 Å². The zero-order chi connectivity index (χ0) is 14.6. The number of nitrogens with two attached hydrogens (primary N) is 1. The Bertz CT molecular complexity index is 482. The summed E-state index contributed by atoms with van der Waals surface area (Å²) in [5.41, 5.74) is 6.57. The molecule has 20 heavy (non-hydrogen) atoms. The summed E-state index contributed by atoms with van der Waals surface area (Å²) in [6, 6.07) is 5.34. The molecule has 0 unspecified atom stereocenters. The molecule has 2 rings (SSSR count). The van der Waals surface area contributed by atoms with Crippen LogP contribution in [0, 0.1) is 5.41 Å². The van der Waals surface area contributed by atoms with E-state index in [0.717, 1.165) is 37.8 Å². The highest BCUT2D eigenvalue weighted by atomic mass is 16.5. The predicted octanol–water partition coefficient (Wildman–Crippen LogP) is 2.72. The molecule has 4 N–H and O–H groups in total. The van der Waals surface area contributed by atoms with Crippen LogP contribution in [-0.2, 0) is 4.79 Å². The van der Waals surface area contributed by atoms with Gasteiger partial charge in [0.25, 0.3) is 0 Å². The van der Waals surface area contributed by atoms with E-state index in [4.69, 9.17) is 10.5 Å². The average molecular weight is 278 g/mol. The van der Waals surface area contributed by atoms with Crippen LogP contribution in [0.2, 0.25) is 0 Å². The summed E-state index contributed by atoms with van der Waals surface area (Å²) in [6.45, 7) is 0.402. The van der Waals surface area contributed by atoms with Crippen LogP contribution in [-0.4, -0.2) is 24.7 Å². The summed E-state index contributed by atoms with van der Waals surface area (Å²) < 4.78 is 5.16. The minimum Gasteiger partial charge on any atom is -0.497 e. The Morgan fingerprint density at radius 2 is 2.10 bits per heavy atom. The van der Waals surface area contributed by atoms with Gasteiger partial charge in [0.15, 0.2) is 0 Å². The minimum absolute atomic E-state index is 0.402. The second-order valence-electron chi connectivity index (χ2n) is 5.45. The summed E-state index contributed by atoms with van der Waals surface area (Å²) in [7, 11) is 1.59. The van der Waals surface area contributed by atoms with E-state index < -0.39 is 11.4 Å². The molecule has 1 aromatic carbocycles. The molecule has 5 nitrogen and oxygen atoms in total. The number of nitrogen functional groups attached to an aromatic ring is 1. The first-order valence-corrected chi connectivity index (χ1v) is 6.98. The van der Waals surface area contributed by atoms with Gasteiger partial charge in [-0.15, -0.1) is 0 Å². The molecule has 0 radical (unpaired) electrons. The molecule has 1 aliphatic carbocycles. The molecule has 0 amide bonds. The lowest BCUT2D eigenvalue weighted by molar-refractivity contribution is -0.150. The topological polar surface area (TPSA) is 84.6 Å². The number of rotatable bonds is 5. The highest BCUT2D eigenvalue weighted by molar-refractivity contribution is 5.76. The third-order valence-electron chi connectivity index (χ3n) is 4.14. The van der Waals surface area contributed by atoms with Crippen LogP contribution in [0.15, 0.2) is 18.2 Å². The SMILES string of the molecule is COc1ccc(N)c(NCC2(C(=O)O)CCCCC2)c1. The lowest BCUT2D eigenvalue weighted by Crippen LogP contribution is -2.39.